The normalized spacial score (nSPS) is 22.4. The molecular weight excluding hydrogens is 276 g/mol. The first-order chi connectivity index (χ1) is 5.33. The van der Waals surface area contributed by atoms with Gasteiger partial charge in [0.2, 0.25) is 0 Å². The van der Waals surface area contributed by atoms with Gasteiger partial charge in [-0.05, 0) is 6.42 Å². The number of alkyl halides is 2. The van der Waals surface area contributed by atoms with E-state index in [0.717, 1.165) is 36.7 Å². The van der Waals surface area contributed by atoms with Crippen LogP contribution in [0.3, 0.4) is 0 Å². The molecule has 0 aromatic rings. The highest BCUT2D eigenvalue weighted by atomic mass is 79.9. The van der Waals surface area contributed by atoms with E-state index in [1.54, 1.807) is 0 Å². The molecule has 1 aliphatic rings. The summed E-state index contributed by atoms with van der Waals surface area (Å²) in [5.74, 6) is -0.326. The fourth-order valence-corrected chi connectivity index (χ4v) is 2.01. The standard InChI is InChI=1S/C7H12Br2O2/c8-3-1-2-7(6-9)10-4-5-11-7/h1-6H2. The van der Waals surface area contributed by atoms with Crippen molar-refractivity contribution in [2.45, 2.75) is 18.6 Å². The third-order valence-corrected chi connectivity index (χ3v) is 3.12. The molecule has 11 heavy (non-hydrogen) atoms. The van der Waals surface area contributed by atoms with Gasteiger partial charge >= 0.3 is 0 Å². The van der Waals surface area contributed by atoms with E-state index in [4.69, 9.17) is 9.47 Å². The first-order valence-electron chi connectivity index (χ1n) is 3.73. The lowest BCUT2D eigenvalue weighted by atomic mass is 10.2. The molecule has 66 valence electrons. The molecule has 1 rings (SSSR count). The van der Waals surface area contributed by atoms with Crippen LogP contribution in [0.25, 0.3) is 0 Å². The Labute approximate surface area is 83.9 Å². The largest absolute Gasteiger partial charge is 0.347 e. The van der Waals surface area contributed by atoms with Gasteiger partial charge in [-0.25, -0.2) is 0 Å². The van der Waals surface area contributed by atoms with E-state index < -0.39 is 0 Å². The average molecular weight is 288 g/mol. The van der Waals surface area contributed by atoms with Crippen LogP contribution < -0.4 is 0 Å². The minimum Gasteiger partial charge on any atom is -0.347 e. The van der Waals surface area contributed by atoms with Crippen LogP contribution in [-0.2, 0) is 9.47 Å². The Kier molecular flexibility index (Phi) is 4.34. The second kappa shape index (κ2) is 4.80. The Balaban J connectivity index is 2.33. The Bertz CT molecular complexity index is 113. The third-order valence-electron chi connectivity index (χ3n) is 1.71. The van der Waals surface area contributed by atoms with E-state index in [1.165, 1.54) is 0 Å². The Morgan fingerprint density at radius 3 is 2.27 bits per heavy atom. The quantitative estimate of drug-likeness (QED) is 0.739. The topological polar surface area (TPSA) is 18.5 Å². The maximum absolute atomic E-state index is 5.50. The zero-order valence-corrected chi connectivity index (χ0v) is 9.49. The number of hydrogen-bond donors (Lipinski definition) is 0. The summed E-state index contributed by atoms with van der Waals surface area (Å²) < 4.78 is 11.0. The van der Waals surface area contributed by atoms with Gasteiger partial charge in [0.15, 0.2) is 5.79 Å². The Morgan fingerprint density at radius 1 is 1.18 bits per heavy atom. The first kappa shape index (κ1) is 9.96. The van der Waals surface area contributed by atoms with E-state index in [9.17, 15) is 0 Å². The first-order valence-corrected chi connectivity index (χ1v) is 5.97. The molecule has 0 spiro atoms. The van der Waals surface area contributed by atoms with Crippen molar-refractivity contribution in [3.63, 3.8) is 0 Å². The minimum atomic E-state index is -0.326. The van der Waals surface area contributed by atoms with Crippen LogP contribution in [0.2, 0.25) is 0 Å². The van der Waals surface area contributed by atoms with E-state index in [0.29, 0.717) is 0 Å². The molecule has 0 saturated carbocycles. The van der Waals surface area contributed by atoms with Crippen LogP contribution in [0.1, 0.15) is 12.8 Å². The van der Waals surface area contributed by atoms with E-state index in [-0.39, 0.29) is 5.79 Å². The summed E-state index contributed by atoms with van der Waals surface area (Å²) in [7, 11) is 0. The molecule has 0 unspecified atom stereocenters. The number of halogens is 2. The highest BCUT2D eigenvalue weighted by Crippen LogP contribution is 2.27. The molecule has 2 nitrogen and oxygen atoms in total. The number of ether oxygens (including phenoxy) is 2. The predicted octanol–water partition coefficient (Wildman–Crippen LogP) is 2.30. The van der Waals surface area contributed by atoms with Gasteiger partial charge in [0.25, 0.3) is 0 Å². The molecule has 0 atom stereocenters. The summed E-state index contributed by atoms with van der Waals surface area (Å²) in [5, 5.41) is 1.78. The van der Waals surface area contributed by atoms with Gasteiger partial charge in [-0.3, -0.25) is 0 Å². The summed E-state index contributed by atoms with van der Waals surface area (Å²) in [6, 6.07) is 0. The van der Waals surface area contributed by atoms with Crippen molar-refractivity contribution in [3.05, 3.63) is 0 Å². The van der Waals surface area contributed by atoms with Crippen molar-refractivity contribution >= 4 is 31.9 Å². The predicted molar refractivity (Wildman–Crippen MR) is 51.5 cm³/mol. The van der Waals surface area contributed by atoms with Crippen LogP contribution in [0, 0.1) is 0 Å². The molecule has 0 aliphatic carbocycles. The monoisotopic (exact) mass is 286 g/mol. The van der Waals surface area contributed by atoms with Crippen molar-refractivity contribution in [2.24, 2.45) is 0 Å². The van der Waals surface area contributed by atoms with Gasteiger partial charge in [-0.1, -0.05) is 31.9 Å². The van der Waals surface area contributed by atoms with Crippen molar-refractivity contribution in [1.82, 2.24) is 0 Å². The van der Waals surface area contributed by atoms with Gasteiger partial charge < -0.3 is 9.47 Å². The van der Waals surface area contributed by atoms with Crippen LogP contribution in [0.15, 0.2) is 0 Å². The lowest BCUT2D eigenvalue weighted by Gasteiger charge is -2.24. The number of hydrogen-bond acceptors (Lipinski definition) is 2. The van der Waals surface area contributed by atoms with E-state index in [2.05, 4.69) is 31.9 Å². The zero-order valence-electron chi connectivity index (χ0n) is 6.32. The van der Waals surface area contributed by atoms with Crippen molar-refractivity contribution in [3.8, 4) is 0 Å². The SMILES string of the molecule is BrCCCC1(CBr)OCCO1. The molecular formula is C7H12Br2O2. The Morgan fingerprint density at radius 2 is 1.82 bits per heavy atom. The second-order valence-corrected chi connectivity index (χ2v) is 3.89. The Hall–Kier alpha value is 0.880. The van der Waals surface area contributed by atoms with Crippen molar-refractivity contribution < 1.29 is 9.47 Å². The maximum Gasteiger partial charge on any atom is 0.178 e. The third kappa shape index (κ3) is 2.68. The lowest BCUT2D eigenvalue weighted by Crippen LogP contribution is -2.32. The van der Waals surface area contributed by atoms with E-state index >= 15 is 0 Å². The van der Waals surface area contributed by atoms with Gasteiger partial charge in [0, 0.05) is 11.8 Å². The van der Waals surface area contributed by atoms with Gasteiger partial charge in [0.05, 0.1) is 18.5 Å². The molecule has 0 bridgehead atoms. The highest BCUT2D eigenvalue weighted by molar-refractivity contribution is 9.09. The van der Waals surface area contributed by atoms with Gasteiger partial charge in [-0.15, -0.1) is 0 Å². The molecule has 0 aromatic heterocycles. The summed E-state index contributed by atoms with van der Waals surface area (Å²) in [6.45, 7) is 1.46. The van der Waals surface area contributed by atoms with E-state index in [1.807, 2.05) is 0 Å². The molecule has 1 heterocycles. The second-order valence-electron chi connectivity index (χ2n) is 2.53. The molecule has 0 radical (unpaired) electrons. The molecule has 0 N–H and O–H groups in total. The van der Waals surface area contributed by atoms with Crippen molar-refractivity contribution in [1.29, 1.82) is 0 Å². The molecule has 1 fully saturated rings. The van der Waals surface area contributed by atoms with Gasteiger partial charge in [-0.2, -0.15) is 0 Å². The number of rotatable bonds is 4. The van der Waals surface area contributed by atoms with Crippen molar-refractivity contribution in [2.75, 3.05) is 23.9 Å². The van der Waals surface area contributed by atoms with Gasteiger partial charge in [0.1, 0.15) is 0 Å². The summed E-state index contributed by atoms with van der Waals surface area (Å²) in [6.07, 6.45) is 2.05. The summed E-state index contributed by atoms with van der Waals surface area (Å²) in [5.41, 5.74) is 0. The fraction of sp³-hybridized carbons (Fsp3) is 1.00. The lowest BCUT2D eigenvalue weighted by molar-refractivity contribution is -0.141. The van der Waals surface area contributed by atoms with Crippen LogP contribution in [0.5, 0.6) is 0 Å². The molecule has 4 heteroatoms. The zero-order chi connectivity index (χ0) is 8.16. The molecule has 1 saturated heterocycles. The molecule has 0 amide bonds. The minimum absolute atomic E-state index is 0.326. The smallest absolute Gasteiger partial charge is 0.178 e. The average Bonchev–Trinajstić information content (AvgIpc) is 2.50. The maximum atomic E-state index is 5.50. The molecule has 0 aromatic carbocycles. The van der Waals surface area contributed by atoms with Crippen LogP contribution in [0.4, 0.5) is 0 Å². The summed E-state index contributed by atoms with van der Waals surface area (Å²) in [4.78, 5) is 0. The molecule has 1 aliphatic heterocycles. The van der Waals surface area contributed by atoms with Crippen LogP contribution >= 0.6 is 31.9 Å². The fourth-order valence-electron chi connectivity index (χ4n) is 1.12. The highest BCUT2D eigenvalue weighted by Gasteiger charge is 2.34. The summed E-state index contributed by atoms with van der Waals surface area (Å²) >= 11 is 6.78. The van der Waals surface area contributed by atoms with Crippen LogP contribution in [-0.4, -0.2) is 29.7 Å².